The number of esters is 1. The summed E-state index contributed by atoms with van der Waals surface area (Å²) in [4.78, 5) is 25.1. The van der Waals surface area contributed by atoms with Crippen molar-refractivity contribution in [1.82, 2.24) is 0 Å². The predicted molar refractivity (Wildman–Crippen MR) is 122 cm³/mol. The first-order valence-electron chi connectivity index (χ1n) is 10.0. The van der Waals surface area contributed by atoms with Gasteiger partial charge < -0.3 is 19.5 Å². The Kier molecular flexibility index (Phi) is 7.67. The average molecular weight is 440 g/mol. The smallest absolute Gasteiger partial charge is 0.341 e. The first kappa shape index (κ1) is 22.4. The summed E-state index contributed by atoms with van der Waals surface area (Å²) in [6.45, 7) is 6.26. The number of anilines is 1. The van der Waals surface area contributed by atoms with E-state index in [2.05, 4.69) is 5.32 Å². The summed E-state index contributed by atoms with van der Waals surface area (Å²) in [7, 11) is 0. The van der Waals surface area contributed by atoms with Gasteiger partial charge in [-0.2, -0.15) is 0 Å². The number of hydrogen-bond acceptors (Lipinski definition) is 6. The molecule has 1 aromatic heterocycles. The molecule has 0 spiro atoms. The summed E-state index contributed by atoms with van der Waals surface area (Å²) in [5.74, 6) is 0.526. The molecule has 0 fully saturated rings. The minimum absolute atomic E-state index is 0.165. The van der Waals surface area contributed by atoms with Crippen LogP contribution in [0.3, 0.4) is 0 Å². The number of hydrogen-bond donors (Lipinski definition) is 1. The zero-order chi connectivity index (χ0) is 22.2. The Balaban J connectivity index is 1.79. The maximum absolute atomic E-state index is 12.7. The number of ether oxygens (including phenoxy) is 3. The molecule has 162 valence electrons. The Morgan fingerprint density at radius 1 is 0.968 bits per heavy atom. The minimum atomic E-state index is -0.484. The van der Waals surface area contributed by atoms with Gasteiger partial charge in [-0.25, -0.2) is 4.79 Å². The van der Waals surface area contributed by atoms with Crippen LogP contribution in [0.15, 0.2) is 53.9 Å². The van der Waals surface area contributed by atoms with Gasteiger partial charge in [0.25, 0.3) is 5.91 Å². The Morgan fingerprint density at radius 2 is 1.74 bits per heavy atom. The second kappa shape index (κ2) is 10.6. The molecule has 0 saturated heterocycles. The quantitative estimate of drug-likeness (QED) is 0.457. The van der Waals surface area contributed by atoms with Crippen LogP contribution in [0.4, 0.5) is 5.00 Å². The van der Waals surface area contributed by atoms with E-state index in [1.807, 2.05) is 61.7 Å². The number of thiophene rings is 1. The summed E-state index contributed by atoms with van der Waals surface area (Å²) in [5, 5.41) is 5.05. The molecule has 7 heteroatoms. The Hall–Kier alpha value is -3.32. The van der Waals surface area contributed by atoms with Gasteiger partial charge in [-0.05, 0) is 56.2 Å². The molecule has 0 bridgehead atoms. The van der Waals surface area contributed by atoms with E-state index in [1.165, 1.54) is 11.3 Å². The molecular formula is C24H25NO5S. The summed E-state index contributed by atoms with van der Waals surface area (Å²) >= 11 is 1.27. The molecule has 0 aliphatic heterocycles. The van der Waals surface area contributed by atoms with Crippen molar-refractivity contribution in [3.05, 3.63) is 65.0 Å². The second-order valence-corrected chi connectivity index (χ2v) is 7.56. The van der Waals surface area contributed by atoms with Crippen molar-refractivity contribution >= 4 is 28.2 Å². The van der Waals surface area contributed by atoms with Crippen LogP contribution in [0.1, 0.15) is 29.8 Å². The molecule has 2 aromatic carbocycles. The lowest BCUT2D eigenvalue weighted by Gasteiger charge is -2.10. The standard InChI is InChI=1S/C24H25NO5S/c1-4-28-18-11-9-17(10-12-18)20-15-31-23(22(20)24(27)29-5-2)25-21(26)14-30-19-8-6-7-16(3)13-19/h6-13,15H,4-5,14H2,1-3H3,(H,25,26). The third-order valence-corrected chi connectivity index (χ3v) is 5.25. The molecule has 0 unspecified atom stereocenters. The van der Waals surface area contributed by atoms with Crippen molar-refractivity contribution in [2.75, 3.05) is 25.1 Å². The second-order valence-electron chi connectivity index (χ2n) is 6.68. The summed E-state index contributed by atoms with van der Waals surface area (Å²) < 4.78 is 16.3. The largest absolute Gasteiger partial charge is 0.494 e. The summed E-state index contributed by atoms with van der Waals surface area (Å²) in [6, 6.07) is 14.9. The lowest BCUT2D eigenvalue weighted by atomic mass is 10.0. The third-order valence-electron chi connectivity index (χ3n) is 4.36. The molecular weight excluding hydrogens is 414 g/mol. The molecule has 6 nitrogen and oxygen atoms in total. The number of carbonyl (C=O) groups excluding carboxylic acids is 2. The first-order chi connectivity index (χ1) is 15.0. The van der Waals surface area contributed by atoms with Gasteiger partial charge in [0.15, 0.2) is 6.61 Å². The lowest BCUT2D eigenvalue weighted by Crippen LogP contribution is -2.21. The highest BCUT2D eigenvalue weighted by Crippen LogP contribution is 2.37. The van der Waals surface area contributed by atoms with Crippen LogP contribution < -0.4 is 14.8 Å². The number of benzene rings is 2. The highest BCUT2D eigenvalue weighted by molar-refractivity contribution is 7.15. The van der Waals surface area contributed by atoms with Gasteiger partial charge in [0.1, 0.15) is 22.1 Å². The first-order valence-corrected chi connectivity index (χ1v) is 10.9. The van der Waals surface area contributed by atoms with Crippen molar-refractivity contribution in [3.8, 4) is 22.6 Å². The number of nitrogens with one attached hydrogen (secondary N) is 1. The molecule has 1 heterocycles. The van der Waals surface area contributed by atoms with E-state index in [-0.39, 0.29) is 19.1 Å². The zero-order valence-electron chi connectivity index (χ0n) is 17.8. The summed E-state index contributed by atoms with van der Waals surface area (Å²) in [5.41, 5.74) is 2.90. The highest BCUT2D eigenvalue weighted by atomic mass is 32.1. The van der Waals surface area contributed by atoms with Crippen LogP contribution in [0.2, 0.25) is 0 Å². The molecule has 0 aliphatic rings. The Bertz CT molecular complexity index is 1040. The van der Waals surface area contributed by atoms with E-state index < -0.39 is 5.97 Å². The molecule has 3 rings (SSSR count). The lowest BCUT2D eigenvalue weighted by molar-refractivity contribution is -0.118. The van der Waals surface area contributed by atoms with Gasteiger partial charge in [0, 0.05) is 10.9 Å². The van der Waals surface area contributed by atoms with Crippen molar-refractivity contribution < 1.29 is 23.8 Å². The zero-order valence-corrected chi connectivity index (χ0v) is 18.6. The number of rotatable bonds is 9. The third kappa shape index (κ3) is 5.86. The van der Waals surface area contributed by atoms with Crippen LogP contribution >= 0.6 is 11.3 Å². The fourth-order valence-electron chi connectivity index (χ4n) is 2.98. The number of carbonyl (C=O) groups is 2. The summed E-state index contributed by atoms with van der Waals surface area (Å²) in [6.07, 6.45) is 0. The Morgan fingerprint density at radius 3 is 2.42 bits per heavy atom. The van der Waals surface area contributed by atoms with Gasteiger partial charge in [0.05, 0.1) is 13.2 Å². The maximum Gasteiger partial charge on any atom is 0.341 e. The van der Waals surface area contributed by atoms with Gasteiger partial charge in [-0.1, -0.05) is 24.3 Å². The van der Waals surface area contributed by atoms with Crippen LogP contribution in [0, 0.1) is 6.92 Å². The SMILES string of the molecule is CCOC(=O)c1c(-c2ccc(OCC)cc2)csc1NC(=O)COc1cccc(C)c1. The maximum atomic E-state index is 12.7. The minimum Gasteiger partial charge on any atom is -0.494 e. The van der Waals surface area contributed by atoms with E-state index >= 15 is 0 Å². The fraction of sp³-hybridized carbons (Fsp3) is 0.250. The van der Waals surface area contributed by atoms with Gasteiger partial charge >= 0.3 is 5.97 Å². The van der Waals surface area contributed by atoms with Gasteiger partial charge in [0.2, 0.25) is 0 Å². The molecule has 0 radical (unpaired) electrons. The van der Waals surface area contributed by atoms with Crippen LogP contribution in [-0.2, 0) is 9.53 Å². The average Bonchev–Trinajstić information content (AvgIpc) is 3.17. The molecule has 0 aliphatic carbocycles. The van der Waals surface area contributed by atoms with E-state index in [4.69, 9.17) is 14.2 Å². The molecule has 0 saturated carbocycles. The fourth-order valence-corrected chi connectivity index (χ4v) is 3.96. The van der Waals surface area contributed by atoms with E-state index in [9.17, 15) is 9.59 Å². The number of aryl methyl sites for hydroxylation is 1. The van der Waals surface area contributed by atoms with Crippen LogP contribution in [-0.4, -0.2) is 31.7 Å². The molecule has 0 atom stereocenters. The van der Waals surface area contributed by atoms with Crippen LogP contribution in [0.5, 0.6) is 11.5 Å². The predicted octanol–water partition coefficient (Wildman–Crippen LogP) is 5.32. The Labute approximate surface area is 185 Å². The topological polar surface area (TPSA) is 73.9 Å². The molecule has 3 aromatic rings. The molecule has 1 amide bonds. The van der Waals surface area contributed by atoms with E-state index in [0.29, 0.717) is 28.5 Å². The normalized spacial score (nSPS) is 10.4. The monoisotopic (exact) mass is 439 g/mol. The van der Waals surface area contributed by atoms with Crippen molar-refractivity contribution in [1.29, 1.82) is 0 Å². The molecule has 1 N–H and O–H groups in total. The van der Waals surface area contributed by atoms with Crippen molar-refractivity contribution in [2.45, 2.75) is 20.8 Å². The van der Waals surface area contributed by atoms with Crippen molar-refractivity contribution in [2.24, 2.45) is 0 Å². The number of amides is 1. The van der Waals surface area contributed by atoms with E-state index in [0.717, 1.165) is 16.9 Å². The van der Waals surface area contributed by atoms with Crippen molar-refractivity contribution in [3.63, 3.8) is 0 Å². The molecule has 31 heavy (non-hydrogen) atoms. The highest BCUT2D eigenvalue weighted by Gasteiger charge is 2.23. The van der Waals surface area contributed by atoms with Gasteiger partial charge in [-0.15, -0.1) is 11.3 Å². The van der Waals surface area contributed by atoms with Gasteiger partial charge in [-0.3, -0.25) is 4.79 Å². The van der Waals surface area contributed by atoms with E-state index in [1.54, 1.807) is 13.0 Å². The van der Waals surface area contributed by atoms with Crippen LogP contribution in [0.25, 0.3) is 11.1 Å².